The topological polar surface area (TPSA) is 185 Å². The van der Waals surface area contributed by atoms with E-state index < -0.39 is 69.2 Å². The first-order chi connectivity index (χ1) is 11.5. The molecule has 0 unspecified atom stereocenters. The molecule has 0 rings (SSSR count). The Kier molecular flexibility index (Phi) is 8.01. The van der Waals surface area contributed by atoms with E-state index in [9.17, 15) is 44.0 Å². The van der Waals surface area contributed by atoms with Crippen molar-refractivity contribution < 1.29 is 62.6 Å². The van der Waals surface area contributed by atoms with Crippen LogP contribution in [0.4, 0.5) is 27.2 Å². The quantitative estimate of drug-likeness (QED) is 0.207. The second-order valence-corrected chi connectivity index (χ2v) is 7.33. The molecule has 0 aliphatic heterocycles. The minimum absolute atomic E-state index is 0.528. The number of alkyl halides is 4. The first-order valence-electron chi connectivity index (χ1n) is 6.00. The molecular formula is C8H12F4N2O10S2. The molecule has 0 fully saturated rings. The van der Waals surface area contributed by atoms with Crippen molar-refractivity contribution in [2.75, 3.05) is 26.3 Å². The van der Waals surface area contributed by atoms with E-state index in [1.54, 1.807) is 10.6 Å². The molecule has 0 aliphatic rings. The van der Waals surface area contributed by atoms with Crippen molar-refractivity contribution in [1.29, 1.82) is 0 Å². The van der Waals surface area contributed by atoms with Crippen molar-refractivity contribution >= 4 is 32.4 Å². The van der Waals surface area contributed by atoms with Crippen LogP contribution >= 0.6 is 0 Å². The maximum atomic E-state index is 12.7. The third kappa shape index (κ3) is 7.97. The Bertz CT molecular complexity index is 661. The Balaban J connectivity index is 4.09. The maximum absolute atomic E-state index is 12.7. The van der Waals surface area contributed by atoms with Gasteiger partial charge in [0.2, 0.25) is 0 Å². The highest BCUT2D eigenvalue weighted by atomic mass is 32.2. The van der Waals surface area contributed by atoms with Gasteiger partial charge in [0.05, 0.1) is 0 Å². The van der Waals surface area contributed by atoms with Gasteiger partial charge in [0.1, 0.15) is 0 Å². The molecule has 4 N–H and O–H groups in total. The zero-order valence-electron chi connectivity index (χ0n) is 12.3. The fourth-order valence-electron chi connectivity index (χ4n) is 0.879. The number of alkyl carbamates (subject to hydrolysis) is 2. The summed E-state index contributed by atoms with van der Waals surface area (Å²) in [5, 5.41) is -6.02. The number of carbonyl (C=O) groups is 2. The smallest absolute Gasteiger partial charge is 0.407 e. The molecule has 0 spiro atoms. The molecule has 18 heteroatoms. The largest absolute Gasteiger partial charge is 0.442 e. The van der Waals surface area contributed by atoms with Crippen LogP contribution in [0.5, 0.6) is 0 Å². The summed E-state index contributed by atoms with van der Waals surface area (Å²) in [6.07, 6.45) is -3.14. The van der Waals surface area contributed by atoms with Crippen LogP contribution < -0.4 is 10.6 Å². The van der Waals surface area contributed by atoms with E-state index >= 15 is 0 Å². The van der Waals surface area contributed by atoms with Gasteiger partial charge < -0.3 is 20.1 Å². The van der Waals surface area contributed by atoms with Crippen LogP contribution in [0.3, 0.4) is 0 Å². The molecule has 0 aromatic carbocycles. The Morgan fingerprint density at radius 2 is 1.04 bits per heavy atom. The maximum Gasteiger partial charge on any atom is 0.407 e. The minimum Gasteiger partial charge on any atom is -0.442 e. The predicted octanol–water partition coefficient (Wildman–Crippen LogP) is -0.600. The second kappa shape index (κ2) is 8.64. The zero-order valence-corrected chi connectivity index (χ0v) is 14.0. The van der Waals surface area contributed by atoms with Gasteiger partial charge in [-0.05, 0) is 0 Å². The number of hydrogen-bond donors (Lipinski definition) is 4. The summed E-state index contributed by atoms with van der Waals surface area (Å²) in [6, 6.07) is 0. The lowest BCUT2D eigenvalue weighted by Gasteiger charge is -2.14. The van der Waals surface area contributed by atoms with E-state index in [0.717, 1.165) is 0 Å². The molecule has 2 amide bonds. The average molecular weight is 436 g/mol. The highest BCUT2D eigenvalue weighted by Gasteiger charge is 2.46. The summed E-state index contributed by atoms with van der Waals surface area (Å²) in [7, 11) is -11.6. The zero-order chi connectivity index (χ0) is 20.8. The van der Waals surface area contributed by atoms with Gasteiger partial charge in [0.15, 0.2) is 13.2 Å². The first-order valence-corrected chi connectivity index (χ1v) is 8.88. The van der Waals surface area contributed by atoms with E-state index in [1.807, 2.05) is 0 Å². The fourth-order valence-corrected chi connectivity index (χ4v) is 1.29. The summed E-state index contributed by atoms with van der Waals surface area (Å²) in [5.74, 6) is 0. The standard InChI is InChI=1S/C8H12F4N2O10S2/c9-7(10,25(17,18)19)3-23-5(15)13-1-2-14-6(16)24-4-8(11,12)26(20,21)22/h1-4H2,(H,13,15)(H,14,16)(H,17,18,19)(H,20,21,22). The van der Waals surface area contributed by atoms with Crippen LogP contribution in [0.2, 0.25) is 0 Å². The molecule has 0 aromatic rings. The lowest BCUT2D eigenvalue weighted by molar-refractivity contribution is 0.00650. The minimum atomic E-state index is -5.80. The molecule has 12 nitrogen and oxygen atoms in total. The SMILES string of the molecule is O=C(NCCNC(=O)OCC(F)(F)S(=O)(=O)O)OCC(F)(F)S(=O)(=O)O. The van der Waals surface area contributed by atoms with Crippen LogP contribution in [-0.2, 0) is 29.7 Å². The van der Waals surface area contributed by atoms with Gasteiger partial charge in [0, 0.05) is 13.1 Å². The third-order valence-electron chi connectivity index (χ3n) is 2.16. The van der Waals surface area contributed by atoms with Crippen molar-refractivity contribution in [2.24, 2.45) is 0 Å². The summed E-state index contributed by atoms with van der Waals surface area (Å²) in [6.45, 7) is -5.06. The third-order valence-corrected chi connectivity index (χ3v) is 3.91. The molecule has 0 bridgehead atoms. The summed E-state index contributed by atoms with van der Waals surface area (Å²) in [5.41, 5.74) is 0. The van der Waals surface area contributed by atoms with Crippen LogP contribution in [0, 0.1) is 0 Å². The average Bonchev–Trinajstić information content (AvgIpc) is 2.45. The van der Waals surface area contributed by atoms with E-state index in [-0.39, 0.29) is 0 Å². The first kappa shape index (κ1) is 24.1. The van der Waals surface area contributed by atoms with Crippen molar-refractivity contribution in [3.63, 3.8) is 0 Å². The number of nitrogens with one attached hydrogen (secondary N) is 2. The number of rotatable bonds is 9. The molecule has 0 aromatic heterocycles. The predicted molar refractivity (Wildman–Crippen MR) is 71.7 cm³/mol. The molecule has 0 atom stereocenters. The molecule has 0 aliphatic carbocycles. The van der Waals surface area contributed by atoms with Crippen molar-refractivity contribution in [1.82, 2.24) is 10.6 Å². The van der Waals surface area contributed by atoms with Gasteiger partial charge in [-0.25, -0.2) is 9.59 Å². The fraction of sp³-hybridized carbons (Fsp3) is 0.750. The van der Waals surface area contributed by atoms with E-state index in [4.69, 9.17) is 9.11 Å². The summed E-state index contributed by atoms with van der Waals surface area (Å²) in [4.78, 5) is 21.9. The Morgan fingerprint density at radius 1 is 0.769 bits per heavy atom. The molecule has 0 radical (unpaired) electrons. The van der Waals surface area contributed by atoms with Gasteiger partial charge >= 0.3 is 42.9 Å². The van der Waals surface area contributed by atoms with Gasteiger partial charge in [-0.15, -0.1) is 0 Å². The van der Waals surface area contributed by atoms with E-state index in [2.05, 4.69) is 9.47 Å². The van der Waals surface area contributed by atoms with Gasteiger partial charge in [-0.3, -0.25) is 9.11 Å². The number of carbonyl (C=O) groups excluding carboxylic acids is 2. The number of hydrogen-bond acceptors (Lipinski definition) is 8. The summed E-state index contributed by atoms with van der Waals surface area (Å²) >= 11 is 0. The van der Waals surface area contributed by atoms with Crippen molar-refractivity contribution in [3.8, 4) is 0 Å². The van der Waals surface area contributed by atoms with Crippen molar-refractivity contribution in [3.05, 3.63) is 0 Å². The van der Waals surface area contributed by atoms with Crippen LogP contribution in [0.1, 0.15) is 0 Å². The number of ether oxygens (including phenoxy) is 2. The normalized spacial score (nSPS) is 13.0. The van der Waals surface area contributed by atoms with Crippen LogP contribution in [0.25, 0.3) is 0 Å². The molecule has 154 valence electrons. The van der Waals surface area contributed by atoms with Gasteiger partial charge in [0.25, 0.3) is 0 Å². The molecule has 0 saturated heterocycles. The monoisotopic (exact) mass is 436 g/mol. The lowest BCUT2D eigenvalue weighted by atomic mass is 10.6. The number of halogens is 4. The van der Waals surface area contributed by atoms with E-state index in [0.29, 0.717) is 0 Å². The second-order valence-electron chi connectivity index (χ2n) is 4.23. The molecule has 0 saturated carbocycles. The Labute approximate surface area is 143 Å². The Morgan fingerprint density at radius 3 is 1.27 bits per heavy atom. The lowest BCUT2D eigenvalue weighted by Crippen LogP contribution is -2.40. The van der Waals surface area contributed by atoms with Crippen molar-refractivity contribution in [2.45, 2.75) is 10.5 Å². The highest BCUT2D eigenvalue weighted by molar-refractivity contribution is 7.87. The summed E-state index contributed by atoms with van der Waals surface area (Å²) < 4.78 is 116. The van der Waals surface area contributed by atoms with Crippen LogP contribution in [-0.4, -0.2) is 74.9 Å². The molecular weight excluding hydrogens is 424 g/mol. The van der Waals surface area contributed by atoms with Crippen LogP contribution in [0.15, 0.2) is 0 Å². The van der Waals surface area contributed by atoms with Gasteiger partial charge in [-0.1, -0.05) is 0 Å². The molecule has 0 heterocycles. The van der Waals surface area contributed by atoms with Gasteiger partial charge in [-0.2, -0.15) is 34.4 Å². The number of amides is 2. The highest BCUT2D eigenvalue weighted by Crippen LogP contribution is 2.21. The Hall–Kier alpha value is -1.92. The molecule has 26 heavy (non-hydrogen) atoms. The van der Waals surface area contributed by atoms with E-state index in [1.165, 1.54) is 0 Å².